The highest BCUT2D eigenvalue weighted by Gasteiger charge is 2.28. The lowest BCUT2D eigenvalue weighted by atomic mass is 10.2. The highest BCUT2D eigenvalue weighted by molar-refractivity contribution is 7.93. The maximum Gasteiger partial charge on any atom is 0.263 e. The van der Waals surface area contributed by atoms with Crippen LogP contribution in [0.5, 0.6) is 5.75 Å². The average Bonchev–Trinajstić information content (AvgIpc) is 3.36. The summed E-state index contributed by atoms with van der Waals surface area (Å²) in [6.07, 6.45) is 1.48. The van der Waals surface area contributed by atoms with Crippen molar-refractivity contribution in [1.29, 1.82) is 0 Å². The predicted molar refractivity (Wildman–Crippen MR) is 130 cm³/mol. The van der Waals surface area contributed by atoms with Gasteiger partial charge in [0.25, 0.3) is 15.9 Å². The van der Waals surface area contributed by atoms with Crippen LogP contribution in [-0.2, 0) is 24.8 Å². The number of morpholine rings is 1. The number of sulfonamides is 2. The van der Waals surface area contributed by atoms with Crippen LogP contribution in [-0.4, -0.2) is 65.4 Å². The van der Waals surface area contributed by atoms with Crippen LogP contribution in [0.1, 0.15) is 10.4 Å². The minimum absolute atomic E-state index is 0.0121. The summed E-state index contributed by atoms with van der Waals surface area (Å²) in [5.74, 6) is -0.423. The molecule has 2 N–H and O–H groups in total. The van der Waals surface area contributed by atoms with Crippen LogP contribution in [0.15, 0.2) is 63.8 Å². The summed E-state index contributed by atoms with van der Waals surface area (Å²) in [5, 5.41) is 4.52. The van der Waals surface area contributed by atoms with E-state index >= 15 is 0 Å². The van der Waals surface area contributed by atoms with Crippen LogP contribution in [0.2, 0.25) is 0 Å². The topological polar surface area (TPSA) is 144 Å². The summed E-state index contributed by atoms with van der Waals surface area (Å²) in [6.45, 7) is 1.05. The predicted octanol–water partition coefficient (Wildman–Crippen LogP) is 2.23. The van der Waals surface area contributed by atoms with E-state index in [4.69, 9.17) is 9.47 Å². The van der Waals surface area contributed by atoms with E-state index in [0.29, 0.717) is 18.9 Å². The normalized spacial score (nSPS) is 14.9. The minimum atomic E-state index is -3.84. The lowest BCUT2D eigenvalue weighted by Crippen LogP contribution is -2.40. The van der Waals surface area contributed by atoms with Crippen molar-refractivity contribution in [1.82, 2.24) is 9.29 Å². The van der Waals surface area contributed by atoms with Crippen molar-refractivity contribution in [3.8, 4) is 5.75 Å². The van der Waals surface area contributed by atoms with Crippen molar-refractivity contribution in [2.24, 2.45) is 0 Å². The van der Waals surface area contributed by atoms with Crippen molar-refractivity contribution >= 4 is 48.1 Å². The van der Waals surface area contributed by atoms with Crippen molar-refractivity contribution in [2.45, 2.75) is 9.79 Å². The number of nitrogens with one attached hydrogen (secondary N) is 2. The molecule has 0 spiro atoms. The van der Waals surface area contributed by atoms with Gasteiger partial charge < -0.3 is 14.8 Å². The molecular formula is C21H22N4O7S3. The Morgan fingerprint density at radius 2 is 1.74 bits per heavy atom. The third kappa shape index (κ3) is 5.62. The first kappa shape index (κ1) is 25.1. The molecule has 186 valence electrons. The fourth-order valence-electron chi connectivity index (χ4n) is 3.32. The number of aromatic nitrogens is 1. The van der Waals surface area contributed by atoms with Gasteiger partial charge in [0.15, 0.2) is 5.13 Å². The molecule has 2 heterocycles. The van der Waals surface area contributed by atoms with Crippen LogP contribution in [0.25, 0.3) is 0 Å². The Labute approximate surface area is 206 Å². The van der Waals surface area contributed by atoms with Gasteiger partial charge in [-0.2, -0.15) is 4.31 Å². The molecule has 3 aromatic rings. The summed E-state index contributed by atoms with van der Waals surface area (Å²) >= 11 is 1.15. The number of anilines is 2. The average molecular weight is 539 g/mol. The SMILES string of the molecule is COc1ccc(S(=O)(=O)N2CCOCC2)cc1C(=O)Nc1ccc(S(=O)(=O)Nc2nccs2)cc1. The second-order valence-electron chi connectivity index (χ2n) is 7.30. The molecule has 1 aliphatic rings. The van der Waals surface area contributed by atoms with Gasteiger partial charge in [-0.3, -0.25) is 9.52 Å². The molecule has 0 unspecified atom stereocenters. The zero-order chi connectivity index (χ0) is 25.1. The Hall–Kier alpha value is -3.04. The molecule has 1 amide bonds. The van der Waals surface area contributed by atoms with Gasteiger partial charge in [0, 0.05) is 30.4 Å². The Morgan fingerprint density at radius 3 is 2.37 bits per heavy atom. The summed E-state index contributed by atoms with van der Waals surface area (Å²) < 4.78 is 65.1. The number of amides is 1. The molecule has 1 aromatic heterocycles. The van der Waals surface area contributed by atoms with Gasteiger partial charge in [-0.15, -0.1) is 11.3 Å². The van der Waals surface area contributed by atoms with Gasteiger partial charge in [0.1, 0.15) is 5.75 Å². The highest BCUT2D eigenvalue weighted by Crippen LogP contribution is 2.26. The lowest BCUT2D eigenvalue weighted by molar-refractivity contribution is 0.0730. The largest absolute Gasteiger partial charge is 0.496 e. The second kappa shape index (κ2) is 10.3. The number of hydrogen-bond donors (Lipinski definition) is 2. The zero-order valence-electron chi connectivity index (χ0n) is 18.5. The van der Waals surface area contributed by atoms with E-state index < -0.39 is 26.0 Å². The number of hydrogen-bond acceptors (Lipinski definition) is 9. The van der Waals surface area contributed by atoms with Gasteiger partial charge in [0.05, 0.1) is 35.7 Å². The number of nitrogens with zero attached hydrogens (tertiary/aromatic N) is 2. The number of ether oxygens (including phenoxy) is 2. The number of methoxy groups -OCH3 is 1. The van der Waals surface area contributed by atoms with Gasteiger partial charge in [-0.25, -0.2) is 21.8 Å². The number of carbonyl (C=O) groups is 1. The molecule has 0 aliphatic carbocycles. The Balaban J connectivity index is 1.53. The minimum Gasteiger partial charge on any atom is -0.496 e. The van der Waals surface area contributed by atoms with E-state index in [1.165, 1.54) is 60.1 Å². The van der Waals surface area contributed by atoms with Crippen LogP contribution < -0.4 is 14.8 Å². The van der Waals surface area contributed by atoms with Crippen LogP contribution in [0.3, 0.4) is 0 Å². The van der Waals surface area contributed by atoms with E-state index in [1.54, 1.807) is 5.38 Å². The number of thiazole rings is 1. The Bertz CT molecular complexity index is 1400. The van der Waals surface area contributed by atoms with Crippen molar-refractivity contribution in [3.63, 3.8) is 0 Å². The number of rotatable bonds is 8. The van der Waals surface area contributed by atoms with E-state index in [1.807, 2.05) is 0 Å². The summed E-state index contributed by atoms with van der Waals surface area (Å²) in [4.78, 5) is 16.8. The molecular weight excluding hydrogens is 516 g/mol. The van der Waals surface area contributed by atoms with Gasteiger partial charge >= 0.3 is 0 Å². The molecule has 35 heavy (non-hydrogen) atoms. The van der Waals surface area contributed by atoms with Crippen LogP contribution >= 0.6 is 11.3 Å². The molecule has 1 saturated heterocycles. The first-order chi connectivity index (χ1) is 16.7. The molecule has 0 bridgehead atoms. The number of benzene rings is 2. The molecule has 2 aromatic carbocycles. The van der Waals surface area contributed by atoms with E-state index in [0.717, 1.165) is 11.3 Å². The van der Waals surface area contributed by atoms with E-state index in [-0.39, 0.29) is 39.3 Å². The van der Waals surface area contributed by atoms with Crippen molar-refractivity contribution in [3.05, 3.63) is 59.6 Å². The third-order valence-corrected chi connectivity index (χ3v) is 9.17. The molecule has 0 radical (unpaired) electrons. The van der Waals surface area contributed by atoms with Crippen LogP contribution in [0, 0.1) is 0 Å². The lowest BCUT2D eigenvalue weighted by Gasteiger charge is -2.26. The Kier molecular flexibility index (Phi) is 7.37. The molecule has 0 atom stereocenters. The third-order valence-electron chi connectivity index (χ3n) is 5.10. The first-order valence-electron chi connectivity index (χ1n) is 10.3. The Morgan fingerprint density at radius 1 is 1.06 bits per heavy atom. The smallest absolute Gasteiger partial charge is 0.263 e. The molecule has 11 nitrogen and oxygen atoms in total. The molecule has 1 fully saturated rings. The van der Waals surface area contributed by atoms with Crippen LogP contribution in [0.4, 0.5) is 10.8 Å². The van der Waals surface area contributed by atoms with Gasteiger partial charge in [0.2, 0.25) is 10.0 Å². The number of carbonyl (C=O) groups excluding carboxylic acids is 1. The maximum absolute atomic E-state index is 13.0. The summed E-state index contributed by atoms with van der Waals surface area (Å²) in [6, 6.07) is 9.59. The summed E-state index contributed by atoms with van der Waals surface area (Å²) in [5.41, 5.74) is 0.329. The van der Waals surface area contributed by atoms with Gasteiger partial charge in [-0.05, 0) is 42.5 Å². The van der Waals surface area contributed by atoms with Crippen molar-refractivity contribution in [2.75, 3.05) is 43.5 Å². The second-order valence-corrected chi connectivity index (χ2v) is 11.8. The van der Waals surface area contributed by atoms with Crippen molar-refractivity contribution < 1.29 is 31.1 Å². The first-order valence-corrected chi connectivity index (χ1v) is 14.1. The molecule has 4 rings (SSSR count). The molecule has 0 saturated carbocycles. The molecule has 1 aliphatic heterocycles. The fraction of sp³-hybridized carbons (Fsp3) is 0.238. The quantitative estimate of drug-likeness (QED) is 0.444. The standard InChI is InChI=1S/C21H22N4O7S3/c1-31-19-7-6-17(35(29,30)25-9-11-32-12-10-25)14-18(19)20(26)23-15-2-4-16(5-3-15)34(27,28)24-21-22-8-13-33-21/h2-8,13-14H,9-12H2,1H3,(H,22,24)(H,23,26). The van der Waals surface area contributed by atoms with E-state index in [9.17, 15) is 21.6 Å². The fourth-order valence-corrected chi connectivity index (χ4v) is 6.55. The zero-order valence-corrected chi connectivity index (χ0v) is 21.0. The monoisotopic (exact) mass is 538 g/mol. The summed E-state index contributed by atoms with van der Waals surface area (Å²) in [7, 11) is -6.29. The highest BCUT2D eigenvalue weighted by atomic mass is 32.2. The molecule has 14 heteroatoms. The maximum atomic E-state index is 13.0. The van der Waals surface area contributed by atoms with E-state index in [2.05, 4.69) is 15.0 Å². The van der Waals surface area contributed by atoms with Gasteiger partial charge in [-0.1, -0.05) is 0 Å².